The molecule has 4 rings (SSSR count). The quantitative estimate of drug-likeness (QED) is 0.585. The molecule has 124 valence electrons. The van der Waals surface area contributed by atoms with Crippen molar-refractivity contribution < 1.29 is 9.63 Å². The molecule has 0 saturated carbocycles. The van der Waals surface area contributed by atoms with E-state index >= 15 is 0 Å². The number of aromatic hydroxyl groups is 1. The summed E-state index contributed by atoms with van der Waals surface area (Å²) in [7, 11) is 0. The van der Waals surface area contributed by atoms with Gasteiger partial charge in [-0.15, -0.1) is 0 Å². The van der Waals surface area contributed by atoms with Gasteiger partial charge in [0, 0.05) is 10.9 Å². The molecule has 0 aliphatic carbocycles. The van der Waals surface area contributed by atoms with Crippen molar-refractivity contribution in [2.24, 2.45) is 0 Å². The molecule has 0 saturated heterocycles. The number of aromatic amines is 1. The number of benzene rings is 2. The molecule has 0 amide bonds. The van der Waals surface area contributed by atoms with Crippen LogP contribution in [0.15, 0.2) is 51.8 Å². The first-order chi connectivity index (χ1) is 12.0. The van der Waals surface area contributed by atoms with Crippen molar-refractivity contribution in [2.75, 3.05) is 0 Å². The number of nitrogens with one attached hydrogen (secondary N) is 1. The maximum atomic E-state index is 12.4. The van der Waals surface area contributed by atoms with Gasteiger partial charge in [-0.05, 0) is 31.5 Å². The van der Waals surface area contributed by atoms with Gasteiger partial charge in [-0.1, -0.05) is 41.1 Å². The Balaban J connectivity index is 1.91. The average molecular weight is 333 g/mol. The van der Waals surface area contributed by atoms with Crippen molar-refractivity contribution in [3.63, 3.8) is 0 Å². The minimum atomic E-state index is -0.478. The fourth-order valence-electron chi connectivity index (χ4n) is 2.85. The summed E-state index contributed by atoms with van der Waals surface area (Å²) in [6, 6.07) is 13.0. The lowest BCUT2D eigenvalue weighted by atomic mass is 10.1. The standard InChI is InChI=1S/C19H15N3O3/c1-10-7-8-14-13(9-10)16(23)15(18(24)20-14)19-21-17(22-25-19)12-6-4-3-5-11(12)2/h3-9H,1-2H3,(H2,20,23,24). The molecule has 25 heavy (non-hydrogen) atoms. The summed E-state index contributed by atoms with van der Waals surface area (Å²) < 4.78 is 5.26. The van der Waals surface area contributed by atoms with E-state index in [4.69, 9.17) is 4.52 Å². The van der Waals surface area contributed by atoms with Crippen molar-refractivity contribution >= 4 is 10.9 Å². The van der Waals surface area contributed by atoms with Crippen LogP contribution in [-0.2, 0) is 0 Å². The molecule has 0 atom stereocenters. The fraction of sp³-hybridized carbons (Fsp3) is 0.105. The van der Waals surface area contributed by atoms with Gasteiger partial charge in [-0.25, -0.2) is 0 Å². The number of aromatic nitrogens is 3. The summed E-state index contributed by atoms with van der Waals surface area (Å²) in [5.41, 5.74) is 2.81. The lowest BCUT2D eigenvalue weighted by Gasteiger charge is -2.05. The molecule has 0 spiro atoms. The number of aryl methyl sites for hydroxylation is 2. The molecule has 0 bridgehead atoms. The molecule has 6 nitrogen and oxygen atoms in total. The third-order valence-electron chi connectivity index (χ3n) is 4.17. The third kappa shape index (κ3) is 2.48. The van der Waals surface area contributed by atoms with Crippen LogP contribution in [0, 0.1) is 13.8 Å². The molecular formula is C19H15N3O3. The second kappa shape index (κ2) is 5.59. The van der Waals surface area contributed by atoms with E-state index in [1.54, 1.807) is 12.1 Å². The third-order valence-corrected chi connectivity index (χ3v) is 4.17. The smallest absolute Gasteiger partial charge is 0.267 e. The van der Waals surface area contributed by atoms with Gasteiger partial charge in [0.05, 0.1) is 5.52 Å². The molecule has 0 aliphatic heterocycles. The van der Waals surface area contributed by atoms with E-state index in [-0.39, 0.29) is 17.2 Å². The highest BCUT2D eigenvalue weighted by Gasteiger charge is 2.20. The Bertz CT molecular complexity index is 1160. The molecular weight excluding hydrogens is 318 g/mol. The second-order valence-corrected chi connectivity index (χ2v) is 5.96. The molecule has 0 radical (unpaired) electrons. The molecule has 4 aromatic rings. The van der Waals surface area contributed by atoms with Gasteiger partial charge >= 0.3 is 0 Å². The van der Waals surface area contributed by atoms with Crippen LogP contribution in [0.5, 0.6) is 5.75 Å². The maximum absolute atomic E-state index is 12.4. The number of H-pyrrole nitrogens is 1. The number of nitrogens with zero attached hydrogens (tertiary/aromatic N) is 2. The fourth-order valence-corrected chi connectivity index (χ4v) is 2.85. The second-order valence-electron chi connectivity index (χ2n) is 5.96. The Morgan fingerprint density at radius 1 is 1.12 bits per heavy atom. The zero-order valence-corrected chi connectivity index (χ0v) is 13.7. The highest BCUT2D eigenvalue weighted by atomic mass is 16.5. The van der Waals surface area contributed by atoms with Gasteiger partial charge in [0.25, 0.3) is 11.4 Å². The van der Waals surface area contributed by atoms with Gasteiger partial charge in [0.1, 0.15) is 11.3 Å². The monoisotopic (exact) mass is 333 g/mol. The summed E-state index contributed by atoms with van der Waals surface area (Å²) in [5.74, 6) is 0.194. The number of rotatable bonds is 2. The average Bonchev–Trinajstić information content (AvgIpc) is 3.05. The predicted molar refractivity (Wildman–Crippen MR) is 94.4 cm³/mol. The molecule has 0 unspecified atom stereocenters. The van der Waals surface area contributed by atoms with Gasteiger partial charge in [0.2, 0.25) is 5.82 Å². The highest BCUT2D eigenvalue weighted by molar-refractivity contribution is 5.90. The van der Waals surface area contributed by atoms with E-state index in [1.165, 1.54) is 0 Å². The van der Waals surface area contributed by atoms with Crippen LogP contribution in [0.25, 0.3) is 33.7 Å². The largest absolute Gasteiger partial charge is 0.506 e. The minimum absolute atomic E-state index is 0.0135. The summed E-state index contributed by atoms with van der Waals surface area (Å²) in [6.45, 7) is 3.85. The molecule has 2 aromatic heterocycles. The number of pyridine rings is 1. The number of hydrogen-bond acceptors (Lipinski definition) is 5. The van der Waals surface area contributed by atoms with Crippen molar-refractivity contribution in [1.29, 1.82) is 0 Å². The van der Waals surface area contributed by atoms with Crippen LogP contribution in [-0.4, -0.2) is 20.2 Å². The van der Waals surface area contributed by atoms with Gasteiger partial charge in [-0.2, -0.15) is 4.98 Å². The number of hydrogen-bond donors (Lipinski definition) is 2. The molecule has 6 heteroatoms. The Morgan fingerprint density at radius 3 is 2.72 bits per heavy atom. The van der Waals surface area contributed by atoms with E-state index in [9.17, 15) is 9.90 Å². The summed E-state index contributed by atoms with van der Waals surface area (Å²) in [6.07, 6.45) is 0. The Morgan fingerprint density at radius 2 is 1.92 bits per heavy atom. The Kier molecular flexibility index (Phi) is 3.39. The predicted octanol–water partition coefficient (Wildman–Crippen LogP) is 3.57. The van der Waals surface area contributed by atoms with E-state index < -0.39 is 5.56 Å². The molecule has 0 fully saturated rings. The van der Waals surface area contributed by atoms with Gasteiger partial charge in [0.15, 0.2) is 0 Å². The van der Waals surface area contributed by atoms with Crippen LogP contribution in [0.1, 0.15) is 11.1 Å². The van der Waals surface area contributed by atoms with Crippen LogP contribution >= 0.6 is 0 Å². The highest BCUT2D eigenvalue weighted by Crippen LogP contribution is 2.32. The first kappa shape index (κ1) is 15.1. The van der Waals surface area contributed by atoms with E-state index in [0.717, 1.165) is 16.7 Å². The molecule has 2 aromatic carbocycles. The van der Waals surface area contributed by atoms with Crippen LogP contribution < -0.4 is 5.56 Å². The summed E-state index contributed by atoms with van der Waals surface area (Å²) in [4.78, 5) is 19.5. The lowest BCUT2D eigenvalue weighted by molar-refractivity contribution is 0.426. The first-order valence-electron chi connectivity index (χ1n) is 7.80. The van der Waals surface area contributed by atoms with Crippen molar-refractivity contribution in [2.45, 2.75) is 13.8 Å². The van der Waals surface area contributed by atoms with E-state index in [1.807, 2.05) is 44.2 Å². The topological polar surface area (TPSA) is 92.0 Å². The van der Waals surface area contributed by atoms with Gasteiger partial charge in [-0.3, -0.25) is 4.79 Å². The van der Waals surface area contributed by atoms with E-state index in [0.29, 0.717) is 16.7 Å². The van der Waals surface area contributed by atoms with Crippen LogP contribution in [0.2, 0.25) is 0 Å². The zero-order valence-electron chi connectivity index (χ0n) is 13.7. The Hall–Kier alpha value is -3.41. The van der Waals surface area contributed by atoms with Crippen LogP contribution in [0.3, 0.4) is 0 Å². The maximum Gasteiger partial charge on any atom is 0.267 e. The molecule has 2 heterocycles. The van der Waals surface area contributed by atoms with E-state index in [2.05, 4.69) is 15.1 Å². The summed E-state index contributed by atoms with van der Waals surface area (Å²) >= 11 is 0. The van der Waals surface area contributed by atoms with Crippen LogP contribution in [0.4, 0.5) is 0 Å². The zero-order chi connectivity index (χ0) is 17.6. The lowest BCUT2D eigenvalue weighted by Crippen LogP contribution is -2.09. The molecule has 2 N–H and O–H groups in total. The number of fused-ring (bicyclic) bond motifs is 1. The summed E-state index contributed by atoms with van der Waals surface area (Å²) in [5, 5.41) is 15.1. The van der Waals surface area contributed by atoms with Gasteiger partial charge < -0.3 is 14.6 Å². The van der Waals surface area contributed by atoms with Crippen molar-refractivity contribution in [1.82, 2.24) is 15.1 Å². The van der Waals surface area contributed by atoms with Crippen molar-refractivity contribution in [3.8, 4) is 28.6 Å². The Labute approximate surface area is 142 Å². The van der Waals surface area contributed by atoms with Crippen molar-refractivity contribution in [3.05, 3.63) is 63.9 Å². The first-order valence-corrected chi connectivity index (χ1v) is 7.80. The molecule has 0 aliphatic rings. The SMILES string of the molecule is Cc1ccc2[nH]c(=O)c(-c3nc(-c4ccccc4C)no3)c(O)c2c1. The normalized spacial score (nSPS) is 11.1. The minimum Gasteiger partial charge on any atom is -0.506 e.